The number of hydrogen-bond donors (Lipinski definition) is 1. The van der Waals surface area contributed by atoms with Gasteiger partial charge in [-0.05, 0) is 26.2 Å². The molecule has 1 unspecified atom stereocenters. The third-order valence-corrected chi connectivity index (χ3v) is 1.63. The van der Waals surface area contributed by atoms with E-state index in [2.05, 4.69) is 4.98 Å². The SMILES string of the molecule is CN(C)C(C=O)c1ccc[nH]1. The lowest BCUT2D eigenvalue weighted by Gasteiger charge is -2.16. The minimum absolute atomic E-state index is 0.148. The molecule has 11 heavy (non-hydrogen) atoms. The number of carbonyl (C=O) groups is 1. The van der Waals surface area contributed by atoms with E-state index in [1.165, 1.54) is 0 Å². The van der Waals surface area contributed by atoms with Crippen molar-refractivity contribution in [3.8, 4) is 0 Å². The number of nitrogens with one attached hydrogen (secondary N) is 1. The zero-order valence-corrected chi connectivity index (χ0v) is 6.74. The van der Waals surface area contributed by atoms with E-state index in [4.69, 9.17) is 0 Å². The molecule has 60 valence electrons. The predicted molar refractivity (Wildman–Crippen MR) is 43.3 cm³/mol. The number of likely N-dealkylation sites (N-methyl/N-ethyl adjacent to an activating group) is 1. The van der Waals surface area contributed by atoms with Gasteiger partial charge < -0.3 is 9.78 Å². The summed E-state index contributed by atoms with van der Waals surface area (Å²) in [5.41, 5.74) is 0.935. The molecule has 3 heteroatoms. The van der Waals surface area contributed by atoms with Crippen molar-refractivity contribution in [3.05, 3.63) is 24.0 Å². The molecule has 0 amide bonds. The molecule has 0 aliphatic carbocycles. The maximum absolute atomic E-state index is 10.6. The molecule has 0 aromatic carbocycles. The van der Waals surface area contributed by atoms with E-state index in [0.717, 1.165) is 12.0 Å². The Bertz CT molecular complexity index is 216. The lowest BCUT2D eigenvalue weighted by molar-refractivity contribution is -0.111. The van der Waals surface area contributed by atoms with Gasteiger partial charge in [0.05, 0.1) is 0 Å². The van der Waals surface area contributed by atoms with E-state index >= 15 is 0 Å². The predicted octanol–water partition coefficient (Wildman–Crippen LogP) is 0.816. The summed E-state index contributed by atoms with van der Waals surface area (Å²) in [6.45, 7) is 0. The van der Waals surface area contributed by atoms with Crippen LogP contribution in [0.4, 0.5) is 0 Å². The van der Waals surface area contributed by atoms with Gasteiger partial charge in [0.2, 0.25) is 0 Å². The molecular formula is C8H12N2O. The molecular weight excluding hydrogens is 140 g/mol. The number of nitrogens with zero attached hydrogens (tertiary/aromatic N) is 1. The second-order valence-electron chi connectivity index (χ2n) is 2.67. The Labute approximate surface area is 66.0 Å². The van der Waals surface area contributed by atoms with Crippen LogP contribution >= 0.6 is 0 Å². The summed E-state index contributed by atoms with van der Waals surface area (Å²) in [6, 6.07) is 3.64. The first-order valence-electron chi connectivity index (χ1n) is 3.50. The van der Waals surface area contributed by atoms with E-state index in [1.807, 2.05) is 37.3 Å². The number of aldehydes is 1. The van der Waals surface area contributed by atoms with Crippen LogP contribution in [0.1, 0.15) is 11.7 Å². The van der Waals surface area contributed by atoms with Gasteiger partial charge in [-0.2, -0.15) is 0 Å². The molecule has 0 saturated heterocycles. The van der Waals surface area contributed by atoms with E-state index in [-0.39, 0.29) is 6.04 Å². The Morgan fingerprint density at radius 1 is 1.64 bits per heavy atom. The number of H-pyrrole nitrogens is 1. The van der Waals surface area contributed by atoms with Crippen LogP contribution in [0.15, 0.2) is 18.3 Å². The van der Waals surface area contributed by atoms with Gasteiger partial charge in [-0.25, -0.2) is 0 Å². The van der Waals surface area contributed by atoms with Gasteiger partial charge in [0, 0.05) is 11.9 Å². The topological polar surface area (TPSA) is 36.1 Å². The van der Waals surface area contributed by atoms with Gasteiger partial charge in [0.15, 0.2) is 0 Å². The zero-order chi connectivity index (χ0) is 8.27. The maximum Gasteiger partial charge on any atom is 0.143 e. The summed E-state index contributed by atoms with van der Waals surface area (Å²) in [5.74, 6) is 0. The molecule has 0 aliphatic rings. The Hall–Kier alpha value is -1.09. The van der Waals surface area contributed by atoms with Crippen LogP contribution < -0.4 is 0 Å². The molecule has 0 fully saturated rings. The highest BCUT2D eigenvalue weighted by Gasteiger charge is 2.12. The molecule has 0 bridgehead atoms. The van der Waals surface area contributed by atoms with Gasteiger partial charge in [0.25, 0.3) is 0 Å². The molecule has 1 atom stereocenters. The second kappa shape index (κ2) is 3.34. The first-order valence-corrected chi connectivity index (χ1v) is 3.50. The minimum atomic E-state index is -0.148. The second-order valence-corrected chi connectivity index (χ2v) is 2.67. The quantitative estimate of drug-likeness (QED) is 0.651. The fourth-order valence-electron chi connectivity index (χ4n) is 1.00. The molecule has 3 nitrogen and oxygen atoms in total. The lowest BCUT2D eigenvalue weighted by atomic mass is 10.2. The normalized spacial score (nSPS) is 13.4. The van der Waals surface area contributed by atoms with Crippen molar-refractivity contribution in [1.82, 2.24) is 9.88 Å². The first kappa shape index (κ1) is 8.01. The number of hydrogen-bond acceptors (Lipinski definition) is 2. The van der Waals surface area contributed by atoms with Gasteiger partial charge in [-0.3, -0.25) is 4.90 Å². The van der Waals surface area contributed by atoms with Crippen LogP contribution in [0.2, 0.25) is 0 Å². The van der Waals surface area contributed by atoms with Crippen LogP contribution in [0.3, 0.4) is 0 Å². The number of rotatable bonds is 3. The Balaban J connectivity index is 2.79. The molecule has 1 N–H and O–H groups in total. The van der Waals surface area contributed by atoms with Crippen LogP contribution in [-0.4, -0.2) is 30.3 Å². The zero-order valence-electron chi connectivity index (χ0n) is 6.74. The minimum Gasteiger partial charge on any atom is -0.363 e. The van der Waals surface area contributed by atoms with E-state index < -0.39 is 0 Å². The molecule has 1 aromatic heterocycles. The number of aromatic amines is 1. The van der Waals surface area contributed by atoms with Crippen molar-refractivity contribution < 1.29 is 4.79 Å². The summed E-state index contributed by atoms with van der Waals surface area (Å²) in [4.78, 5) is 15.4. The highest BCUT2D eigenvalue weighted by molar-refractivity contribution is 5.60. The monoisotopic (exact) mass is 152 g/mol. The summed E-state index contributed by atoms with van der Waals surface area (Å²) in [5, 5.41) is 0. The van der Waals surface area contributed by atoms with E-state index in [0.29, 0.717) is 0 Å². The number of aromatic nitrogens is 1. The molecule has 1 heterocycles. The van der Waals surface area contributed by atoms with Crippen molar-refractivity contribution >= 4 is 6.29 Å². The van der Waals surface area contributed by atoms with Gasteiger partial charge in [-0.1, -0.05) is 0 Å². The lowest BCUT2D eigenvalue weighted by Crippen LogP contribution is -2.21. The average molecular weight is 152 g/mol. The fraction of sp³-hybridized carbons (Fsp3) is 0.375. The Morgan fingerprint density at radius 2 is 2.36 bits per heavy atom. The smallest absolute Gasteiger partial charge is 0.143 e. The van der Waals surface area contributed by atoms with Crippen LogP contribution in [0.25, 0.3) is 0 Å². The van der Waals surface area contributed by atoms with Gasteiger partial charge in [0.1, 0.15) is 12.3 Å². The summed E-state index contributed by atoms with van der Waals surface area (Å²) >= 11 is 0. The van der Waals surface area contributed by atoms with Gasteiger partial charge >= 0.3 is 0 Å². The van der Waals surface area contributed by atoms with Crippen molar-refractivity contribution in [2.45, 2.75) is 6.04 Å². The third kappa shape index (κ3) is 1.68. The van der Waals surface area contributed by atoms with Crippen LogP contribution in [-0.2, 0) is 4.79 Å². The maximum atomic E-state index is 10.6. The van der Waals surface area contributed by atoms with Crippen molar-refractivity contribution in [1.29, 1.82) is 0 Å². The molecule has 1 rings (SSSR count). The molecule has 0 spiro atoms. The van der Waals surface area contributed by atoms with Crippen molar-refractivity contribution in [2.75, 3.05) is 14.1 Å². The van der Waals surface area contributed by atoms with E-state index in [1.54, 1.807) is 0 Å². The number of carbonyl (C=O) groups excluding carboxylic acids is 1. The molecule has 0 radical (unpaired) electrons. The Kier molecular flexibility index (Phi) is 2.44. The first-order chi connectivity index (χ1) is 5.25. The molecule has 1 aromatic rings. The van der Waals surface area contributed by atoms with Crippen LogP contribution in [0, 0.1) is 0 Å². The third-order valence-electron chi connectivity index (χ3n) is 1.63. The molecule has 0 saturated carbocycles. The molecule has 0 aliphatic heterocycles. The summed E-state index contributed by atoms with van der Waals surface area (Å²) < 4.78 is 0. The largest absolute Gasteiger partial charge is 0.363 e. The van der Waals surface area contributed by atoms with E-state index in [9.17, 15) is 4.79 Å². The summed E-state index contributed by atoms with van der Waals surface area (Å²) in [6.07, 6.45) is 2.74. The van der Waals surface area contributed by atoms with Crippen molar-refractivity contribution in [2.24, 2.45) is 0 Å². The van der Waals surface area contributed by atoms with Gasteiger partial charge in [-0.15, -0.1) is 0 Å². The fourth-order valence-corrected chi connectivity index (χ4v) is 1.00. The average Bonchev–Trinajstić information content (AvgIpc) is 2.40. The summed E-state index contributed by atoms with van der Waals surface area (Å²) in [7, 11) is 3.75. The van der Waals surface area contributed by atoms with Crippen LogP contribution in [0.5, 0.6) is 0 Å². The Morgan fingerprint density at radius 3 is 2.73 bits per heavy atom. The highest BCUT2D eigenvalue weighted by Crippen LogP contribution is 2.11. The standard InChI is InChI=1S/C8H12N2O/c1-10(2)8(6-11)7-4-3-5-9-7/h3-6,8-9H,1-2H3. The van der Waals surface area contributed by atoms with Crippen molar-refractivity contribution in [3.63, 3.8) is 0 Å². The highest BCUT2D eigenvalue weighted by atomic mass is 16.1.